The van der Waals surface area contributed by atoms with Crippen molar-refractivity contribution in [1.82, 2.24) is 9.97 Å². The normalized spacial score (nSPS) is 26.6. The van der Waals surface area contributed by atoms with Crippen LogP contribution in [0.15, 0.2) is 12.4 Å². The van der Waals surface area contributed by atoms with Crippen LogP contribution in [0.1, 0.15) is 18.5 Å². The quantitative estimate of drug-likeness (QED) is 0.702. The molecule has 1 saturated carbocycles. The van der Waals surface area contributed by atoms with Crippen LogP contribution < -0.4 is 5.32 Å². The summed E-state index contributed by atoms with van der Waals surface area (Å²) in [5, 5.41) is 12.5. The minimum atomic E-state index is -0.213. The van der Waals surface area contributed by atoms with Gasteiger partial charge in [0, 0.05) is 11.8 Å². The van der Waals surface area contributed by atoms with E-state index in [4.69, 9.17) is 0 Å². The van der Waals surface area contributed by atoms with E-state index >= 15 is 0 Å². The van der Waals surface area contributed by atoms with Gasteiger partial charge in [0.1, 0.15) is 12.1 Å². The van der Waals surface area contributed by atoms with Gasteiger partial charge in [-0.25, -0.2) is 9.97 Å². The van der Waals surface area contributed by atoms with Crippen molar-refractivity contribution >= 4 is 5.82 Å². The minimum absolute atomic E-state index is 0.175. The van der Waals surface area contributed by atoms with Gasteiger partial charge in [-0.1, -0.05) is 0 Å². The molecule has 0 bridgehead atoms. The van der Waals surface area contributed by atoms with Crippen molar-refractivity contribution in [2.75, 3.05) is 5.32 Å². The van der Waals surface area contributed by atoms with Crippen LogP contribution in [0.2, 0.25) is 0 Å². The second-order valence-corrected chi connectivity index (χ2v) is 3.44. The van der Waals surface area contributed by atoms with Gasteiger partial charge in [-0.15, -0.1) is 0 Å². The Bertz CT molecular complexity index is 303. The number of hydrogen-bond acceptors (Lipinski definition) is 4. The molecular formula is C9H13N3O. The number of nitrogens with zero attached hydrogens (tertiary/aromatic N) is 2. The van der Waals surface area contributed by atoms with Crippen molar-refractivity contribution in [1.29, 1.82) is 0 Å². The van der Waals surface area contributed by atoms with Crippen LogP contribution in [0.5, 0.6) is 0 Å². The molecule has 0 spiro atoms. The average Bonchev–Trinajstić information content (AvgIpc) is 2.12. The maximum absolute atomic E-state index is 9.33. The summed E-state index contributed by atoms with van der Waals surface area (Å²) in [6.45, 7) is 1.92. The van der Waals surface area contributed by atoms with E-state index in [-0.39, 0.29) is 12.1 Å². The molecule has 0 radical (unpaired) electrons. The van der Waals surface area contributed by atoms with Gasteiger partial charge in [-0.2, -0.15) is 0 Å². The molecule has 0 amide bonds. The molecule has 0 aromatic carbocycles. The van der Waals surface area contributed by atoms with Gasteiger partial charge < -0.3 is 10.4 Å². The lowest BCUT2D eigenvalue weighted by Gasteiger charge is -2.33. The molecule has 1 aliphatic rings. The lowest BCUT2D eigenvalue weighted by molar-refractivity contribution is 0.0784. The maximum atomic E-state index is 9.33. The summed E-state index contributed by atoms with van der Waals surface area (Å²) in [5.41, 5.74) is 0.936. The summed E-state index contributed by atoms with van der Waals surface area (Å²) < 4.78 is 0. The average molecular weight is 179 g/mol. The van der Waals surface area contributed by atoms with Gasteiger partial charge in [-0.3, -0.25) is 0 Å². The van der Waals surface area contributed by atoms with Gasteiger partial charge in [0.2, 0.25) is 0 Å². The van der Waals surface area contributed by atoms with Crippen LogP contribution in [0, 0.1) is 6.92 Å². The first-order valence-electron chi connectivity index (χ1n) is 4.49. The number of aliphatic hydroxyl groups is 1. The zero-order valence-corrected chi connectivity index (χ0v) is 7.57. The van der Waals surface area contributed by atoms with Crippen LogP contribution in [-0.4, -0.2) is 27.2 Å². The first kappa shape index (κ1) is 8.44. The van der Waals surface area contributed by atoms with E-state index in [2.05, 4.69) is 15.3 Å². The molecule has 1 fully saturated rings. The Morgan fingerprint density at radius 1 is 1.46 bits per heavy atom. The lowest BCUT2D eigenvalue weighted by atomic mass is 9.89. The van der Waals surface area contributed by atoms with E-state index in [0.717, 1.165) is 24.4 Å². The summed E-state index contributed by atoms with van der Waals surface area (Å²) in [7, 11) is 0. The molecule has 2 rings (SSSR count). The Balaban J connectivity index is 2.01. The highest BCUT2D eigenvalue weighted by atomic mass is 16.3. The standard InChI is InChI=1S/C9H13N3O/c1-6-4-9(11-5-10-6)12-7-2-3-8(7)13/h4-5,7-8,13H,2-3H2,1H3,(H,10,11,12). The largest absolute Gasteiger partial charge is 0.391 e. The van der Waals surface area contributed by atoms with Crippen molar-refractivity contribution in [2.24, 2.45) is 0 Å². The summed E-state index contributed by atoms with van der Waals surface area (Å²) in [6.07, 6.45) is 3.23. The topological polar surface area (TPSA) is 58.0 Å². The molecule has 1 aromatic heterocycles. The Kier molecular flexibility index (Phi) is 2.14. The van der Waals surface area contributed by atoms with E-state index in [1.165, 1.54) is 6.33 Å². The van der Waals surface area contributed by atoms with E-state index < -0.39 is 0 Å². The summed E-state index contributed by atoms with van der Waals surface area (Å²) >= 11 is 0. The number of anilines is 1. The third-order valence-corrected chi connectivity index (χ3v) is 2.37. The predicted molar refractivity (Wildman–Crippen MR) is 49.4 cm³/mol. The van der Waals surface area contributed by atoms with Crippen LogP contribution in [0.4, 0.5) is 5.82 Å². The molecule has 0 aliphatic heterocycles. The van der Waals surface area contributed by atoms with Crippen molar-refractivity contribution in [3.05, 3.63) is 18.1 Å². The Hall–Kier alpha value is -1.16. The monoisotopic (exact) mass is 179 g/mol. The fourth-order valence-corrected chi connectivity index (χ4v) is 1.37. The number of nitrogens with one attached hydrogen (secondary N) is 1. The second-order valence-electron chi connectivity index (χ2n) is 3.44. The van der Waals surface area contributed by atoms with Crippen molar-refractivity contribution in [3.63, 3.8) is 0 Å². The number of aliphatic hydroxyl groups excluding tert-OH is 1. The molecule has 0 saturated heterocycles. The van der Waals surface area contributed by atoms with E-state index in [9.17, 15) is 5.11 Å². The number of rotatable bonds is 2. The fraction of sp³-hybridized carbons (Fsp3) is 0.556. The van der Waals surface area contributed by atoms with Crippen molar-refractivity contribution in [3.8, 4) is 0 Å². The molecule has 1 aliphatic carbocycles. The summed E-state index contributed by atoms with van der Waals surface area (Å²) in [4.78, 5) is 8.06. The molecule has 1 aromatic rings. The zero-order valence-electron chi connectivity index (χ0n) is 7.57. The lowest BCUT2D eigenvalue weighted by Crippen LogP contribution is -2.42. The second kappa shape index (κ2) is 3.30. The van der Waals surface area contributed by atoms with Gasteiger partial charge in [0.15, 0.2) is 0 Å². The minimum Gasteiger partial charge on any atom is -0.391 e. The Labute approximate surface area is 77.0 Å². The Morgan fingerprint density at radius 3 is 2.85 bits per heavy atom. The molecule has 2 atom stereocenters. The van der Waals surface area contributed by atoms with Crippen molar-refractivity contribution < 1.29 is 5.11 Å². The highest BCUT2D eigenvalue weighted by molar-refractivity contribution is 5.36. The van der Waals surface area contributed by atoms with E-state index in [0.29, 0.717) is 0 Å². The van der Waals surface area contributed by atoms with Crippen LogP contribution in [-0.2, 0) is 0 Å². The van der Waals surface area contributed by atoms with Gasteiger partial charge >= 0.3 is 0 Å². The van der Waals surface area contributed by atoms with Gasteiger partial charge in [0.25, 0.3) is 0 Å². The molecule has 70 valence electrons. The third kappa shape index (κ3) is 1.78. The zero-order chi connectivity index (χ0) is 9.26. The molecule has 4 nitrogen and oxygen atoms in total. The molecule has 4 heteroatoms. The fourth-order valence-electron chi connectivity index (χ4n) is 1.37. The first-order valence-corrected chi connectivity index (χ1v) is 4.49. The smallest absolute Gasteiger partial charge is 0.129 e. The molecule has 2 unspecified atom stereocenters. The SMILES string of the molecule is Cc1cc(NC2CCC2O)ncn1. The van der Waals surface area contributed by atoms with E-state index in [1.54, 1.807) is 0 Å². The first-order chi connectivity index (χ1) is 6.25. The Morgan fingerprint density at radius 2 is 2.31 bits per heavy atom. The van der Waals surface area contributed by atoms with Crippen LogP contribution >= 0.6 is 0 Å². The highest BCUT2D eigenvalue weighted by Gasteiger charge is 2.28. The summed E-state index contributed by atoms with van der Waals surface area (Å²) in [6, 6.07) is 2.06. The highest BCUT2D eigenvalue weighted by Crippen LogP contribution is 2.22. The molecule has 1 heterocycles. The van der Waals surface area contributed by atoms with Gasteiger partial charge in [0.05, 0.1) is 12.1 Å². The van der Waals surface area contributed by atoms with Crippen LogP contribution in [0.25, 0.3) is 0 Å². The molecule has 13 heavy (non-hydrogen) atoms. The van der Waals surface area contributed by atoms with E-state index in [1.807, 2.05) is 13.0 Å². The number of aryl methyl sites for hydroxylation is 1. The van der Waals surface area contributed by atoms with Gasteiger partial charge in [-0.05, 0) is 19.8 Å². The molecule has 2 N–H and O–H groups in total. The predicted octanol–water partition coefficient (Wildman–Crippen LogP) is 0.720. The summed E-state index contributed by atoms with van der Waals surface area (Å²) in [5.74, 6) is 0.802. The number of aromatic nitrogens is 2. The maximum Gasteiger partial charge on any atom is 0.129 e. The van der Waals surface area contributed by atoms with Crippen molar-refractivity contribution in [2.45, 2.75) is 31.9 Å². The third-order valence-electron chi connectivity index (χ3n) is 2.37. The molecular weight excluding hydrogens is 166 g/mol. The van der Waals surface area contributed by atoms with Crippen LogP contribution in [0.3, 0.4) is 0 Å². The number of hydrogen-bond donors (Lipinski definition) is 2.